The second-order valence-corrected chi connectivity index (χ2v) is 11.3. The van der Waals surface area contributed by atoms with Crippen LogP contribution in [-0.4, -0.2) is 6.85 Å². The van der Waals surface area contributed by atoms with Crippen molar-refractivity contribution >= 4 is 67.8 Å². The third kappa shape index (κ3) is 2.68. The van der Waals surface area contributed by atoms with Crippen molar-refractivity contribution < 1.29 is 0 Å². The highest BCUT2D eigenvalue weighted by Gasteiger charge is 2.48. The van der Waals surface area contributed by atoms with E-state index in [1.807, 2.05) is 0 Å². The fraction of sp³-hybridized carbons (Fsp3) is 0. The average molecular weight is 518 g/mol. The van der Waals surface area contributed by atoms with Crippen molar-refractivity contribution in [2.24, 2.45) is 0 Å². The zero-order chi connectivity index (χ0) is 26.7. The number of hydrogen-bond acceptors (Lipinski definition) is 2. The minimum Gasteiger partial charge on any atom is -0.376 e. The van der Waals surface area contributed by atoms with Gasteiger partial charge in [-0.15, -0.1) is 0 Å². The van der Waals surface area contributed by atoms with Gasteiger partial charge in [-0.3, -0.25) is 0 Å². The lowest BCUT2D eigenvalue weighted by molar-refractivity contribution is 1.26. The minimum absolute atomic E-state index is 0.123. The maximum absolute atomic E-state index is 2.59. The van der Waals surface area contributed by atoms with Crippen molar-refractivity contribution in [2.45, 2.75) is 0 Å². The Morgan fingerprint density at radius 3 is 1.63 bits per heavy atom. The highest BCUT2D eigenvalue weighted by molar-refractivity contribution is 6.95. The van der Waals surface area contributed by atoms with E-state index in [2.05, 4.69) is 149 Å². The molecule has 0 amide bonds. The van der Waals surface area contributed by atoms with E-state index in [-0.39, 0.29) is 6.85 Å². The second kappa shape index (κ2) is 7.68. The number of para-hydroxylation sites is 2. The van der Waals surface area contributed by atoms with Crippen LogP contribution in [0.5, 0.6) is 0 Å². The molecule has 41 heavy (non-hydrogen) atoms. The summed E-state index contributed by atoms with van der Waals surface area (Å²) in [5.74, 6) is 0. The van der Waals surface area contributed by atoms with Crippen LogP contribution in [0, 0.1) is 0 Å². The molecule has 0 spiro atoms. The molecule has 0 unspecified atom stereocenters. The summed E-state index contributed by atoms with van der Waals surface area (Å²) in [6.07, 6.45) is 0. The number of rotatable bonds is 1. The Bertz CT molecular complexity index is 2150. The van der Waals surface area contributed by atoms with Crippen molar-refractivity contribution in [3.8, 4) is 22.3 Å². The van der Waals surface area contributed by atoms with Crippen molar-refractivity contribution in [1.82, 2.24) is 0 Å². The lowest BCUT2D eigenvalue weighted by Crippen LogP contribution is -2.63. The Balaban J connectivity index is 1.32. The summed E-state index contributed by atoms with van der Waals surface area (Å²) in [5, 5.41) is 5.13. The molecule has 0 aromatic heterocycles. The summed E-state index contributed by atoms with van der Waals surface area (Å²) in [5.41, 5.74) is 14.3. The van der Waals surface area contributed by atoms with Crippen LogP contribution < -0.4 is 20.6 Å². The van der Waals surface area contributed by atoms with Gasteiger partial charge in [-0.25, -0.2) is 0 Å². The van der Waals surface area contributed by atoms with Gasteiger partial charge in [0.2, 0.25) is 0 Å². The smallest absolute Gasteiger partial charge is 0.333 e. The molecular formula is C38H23BN2. The van der Waals surface area contributed by atoms with Gasteiger partial charge in [-0.2, -0.15) is 0 Å². The van der Waals surface area contributed by atoms with Gasteiger partial charge < -0.3 is 9.71 Å². The van der Waals surface area contributed by atoms with Gasteiger partial charge in [0.25, 0.3) is 0 Å². The van der Waals surface area contributed by atoms with Crippen LogP contribution in [0.4, 0.5) is 28.4 Å². The SMILES string of the molecule is c1ccc2c(c1)-c1cccc3c1B1c4c(cccc4N3c3ccc4c(ccc5ccccc54)c3)-c3ccccc3N12. The predicted molar refractivity (Wildman–Crippen MR) is 174 cm³/mol. The van der Waals surface area contributed by atoms with Gasteiger partial charge in [0, 0.05) is 39.6 Å². The molecule has 188 valence electrons. The molecule has 0 N–H and O–H groups in total. The molecule has 3 heteroatoms. The first-order valence-corrected chi connectivity index (χ1v) is 14.3. The van der Waals surface area contributed by atoms with Crippen molar-refractivity contribution in [2.75, 3.05) is 9.71 Å². The third-order valence-electron chi connectivity index (χ3n) is 9.35. The van der Waals surface area contributed by atoms with Gasteiger partial charge >= 0.3 is 6.85 Å². The molecule has 0 saturated carbocycles. The van der Waals surface area contributed by atoms with Gasteiger partial charge in [0.1, 0.15) is 0 Å². The summed E-state index contributed by atoms with van der Waals surface area (Å²) in [7, 11) is 0. The number of hydrogen-bond donors (Lipinski definition) is 0. The minimum atomic E-state index is 0.123. The predicted octanol–water partition coefficient (Wildman–Crippen LogP) is 8.68. The Kier molecular flexibility index (Phi) is 4.03. The highest BCUT2D eigenvalue weighted by Crippen LogP contribution is 2.51. The molecule has 10 rings (SSSR count). The molecule has 3 heterocycles. The van der Waals surface area contributed by atoms with Crippen molar-refractivity contribution in [3.05, 3.63) is 140 Å². The topological polar surface area (TPSA) is 6.48 Å². The summed E-state index contributed by atoms with van der Waals surface area (Å²) in [4.78, 5) is 5.09. The monoisotopic (exact) mass is 518 g/mol. The summed E-state index contributed by atoms with van der Waals surface area (Å²) >= 11 is 0. The van der Waals surface area contributed by atoms with Crippen LogP contribution in [0.25, 0.3) is 43.8 Å². The van der Waals surface area contributed by atoms with E-state index in [0.717, 1.165) is 0 Å². The van der Waals surface area contributed by atoms with E-state index >= 15 is 0 Å². The molecule has 3 aliphatic heterocycles. The lowest BCUT2D eigenvalue weighted by atomic mass is 9.41. The van der Waals surface area contributed by atoms with Crippen molar-refractivity contribution in [3.63, 3.8) is 0 Å². The molecule has 0 atom stereocenters. The zero-order valence-electron chi connectivity index (χ0n) is 22.3. The first kappa shape index (κ1) is 21.5. The van der Waals surface area contributed by atoms with Gasteiger partial charge in [0.05, 0.1) is 0 Å². The first-order valence-electron chi connectivity index (χ1n) is 14.3. The Morgan fingerprint density at radius 1 is 0.390 bits per heavy atom. The molecule has 7 aromatic carbocycles. The fourth-order valence-electron chi connectivity index (χ4n) is 7.72. The standard InChI is InChI=1S/C38H23BN2/c1-2-10-27-24(9-1)19-20-25-23-26(21-22-28(25)27)40-35-17-7-13-31-29-11-3-5-15-33(29)41-34-16-6-4-12-30(34)32-14-8-18-36(40)38(32)39(41)37(31)35/h1-23H. The summed E-state index contributed by atoms with van der Waals surface area (Å²) < 4.78 is 0. The summed E-state index contributed by atoms with van der Waals surface area (Å²) in [6, 6.07) is 51.7. The molecule has 0 bridgehead atoms. The Hall–Kier alpha value is -5.28. The quantitative estimate of drug-likeness (QED) is 0.159. The van der Waals surface area contributed by atoms with Crippen LogP contribution in [0.2, 0.25) is 0 Å². The third-order valence-corrected chi connectivity index (χ3v) is 9.35. The van der Waals surface area contributed by atoms with E-state index in [1.54, 1.807) is 0 Å². The van der Waals surface area contributed by atoms with Gasteiger partial charge in [-0.05, 0) is 80.0 Å². The van der Waals surface area contributed by atoms with Crippen LogP contribution >= 0.6 is 0 Å². The summed E-state index contributed by atoms with van der Waals surface area (Å²) in [6.45, 7) is 0.123. The number of benzene rings is 7. The van der Waals surface area contributed by atoms with Crippen LogP contribution in [-0.2, 0) is 0 Å². The number of nitrogens with zero attached hydrogens (tertiary/aromatic N) is 2. The van der Waals surface area contributed by atoms with Crippen molar-refractivity contribution in [1.29, 1.82) is 0 Å². The van der Waals surface area contributed by atoms with Gasteiger partial charge in [0.15, 0.2) is 0 Å². The van der Waals surface area contributed by atoms with E-state index in [0.29, 0.717) is 0 Å². The highest BCUT2D eigenvalue weighted by atomic mass is 15.2. The molecule has 0 radical (unpaired) electrons. The molecule has 0 saturated heterocycles. The number of fused-ring (bicyclic) bond motifs is 9. The fourth-order valence-corrected chi connectivity index (χ4v) is 7.72. The Morgan fingerprint density at radius 2 is 0.927 bits per heavy atom. The number of anilines is 5. The maximum Gasteiger partial charge on any atom is 0.333 e. The van der Waals surface area contributed by atoms with Gasteiger partial charge in [-0.1, -0.05) is 103 Å². The molecule has 0 fully saturated rings. The first-order chi connectivity index (χ1) is 20.4. The average Bonchev–Trinajstić information content (AvgIpc) is 3.04. The second-order valence-electron chi connectivity index (χ2n) is 11.3. The maximum atomic E-state index is 2.59. The largest absolute Gasteiger partial charge is 0.376 e. The molecule has 7 aromatic rings. The molecule has 2 nitrogen and oxygen atoms in total. The lowest BCUT2D eigenvalue weighted by Gasteiger charge is -2.49. The van der Waals surface area contributed by atoms with Crippen LogP contribution in [0.1, 0.15) is 0 Å². The van der Waals surface area contributed by atoms with Crippen LogP contribution in [0.3, 0.4) is 0 Å². The molecule has 0 aliphatic carbocycles. The molecular weight excluding hydrogens is 495 g/mol. The van der Waals surface area contributed by atoms with E-state index in [1.165, 1.54) is 83.2 Å². The Labute approximate surface area is 238 Å². The van der Waals surface area contributed by atoms with Crippen LogP contribution in [0.15, 0.2) is 140 Å². The normalized spacial score (nSPS) is 13.7. The zero-order valence-corrected chi connectivity index (χ0v) is 22.3. The van der Waals surface area contributed by atoms with E-state index in [4.69, 9.17) is 0 Å². The van der Waals surface area contributed by atoms with E-state index < -0.39 is 0 Å². The molecule has 3 aliphatic rings. The van der Waals surface area contributed by atoms with E-state index in [9.17, 15) is 0 Å².